The van der Waals surface area contributed by atoms with Gasteiger partial charge in [-0.25, -0.2) is 0 Å². The molecule has 1 aromatic rings. The van der Waals surface area contributed by atoms with Crippen molar-refractivity contribution in [2.75, 3.05) is 0 Å². The van der Waals surface area contributed by atoms with Crippen LogP contribution in [0.15, 0.2) is 24.3 Å². The summed E-state index contributed by atoms with van der Waals surface area (Å²) >= 11 is 0. The maximum Gasteiger partial charge on any atom is 0.403 e. The molecule has 3 heteroatoms. The van der Waals surface area contributed by atoms with Crippen molar-refractivity contribution in [1.82, 2.24) is 0 Å². The number of rotatable bonds is 4. The maximum absolute atomic E-state index is 4.98. The lowest BCUT2D eigenvalue weighted by Crippen LogP contribution is -2.12. The summed E-state index contributed by atoms with van der Waals surface area (Å²) in [7, 11) is 1.65. The van der Waals surface area contributed by atoms with Crippen LogP contribution in [0.3, 0.4) is 0 Å². The lowest BCUT2D eigenvalue weighted by Gasteiger charge is -1.99. The summed E-state index contributed by atoms with van der Waals surface area (Å²) in [5, 5.41) is 0. The Morgan fingerprint density at radius 3 is 3.20 bits per heavy atom. The third kappa shape index (κ3) is 2.42. The van der Waals surface area contributed by atoms with Gasteiger partial charge in [-0.1, -0.05) is 44.1 Å². The fourth-order valence-corrected chi connectivity index (χ4v) is 1.56. The second kappa shape index (κ2) is 5.03. The first-order chi connectivity index (χ1) is 7.42. The molecular weight excluding hydrogens is 187 g/mol. The first-order valence-electron chi connectivity index (χ1n) is 5.38. The van der Waals surface area contributed by atoms with Crippen molar-refractivity contribution in [3.8, 4) is 5.75 Å². The quantitative estimate of drug-likeness (QED) is 0.423. The summed E-state index contributed by atoms with van der Waals surface area (Å²) in [6.07, 6.45) is 7.92. The molecule has 1 aromatic carbocycles. The normalized spacial score (nSPS) is 13.7. The molecule has 77 valence electrons. The highest BCUT2D eigenvalue weighted by Crippen LogP contribution is 2.16. The Hall–Kier alpha value is -1.22. The summed E-state index contributed by atoms with van der Waals surface area (Å²) in [4.78, 5) is 9.80. The van der Waals surface area contributed by atoms with Crippen LogP contribution in [0.25, 0.3) is 6.08 Å². The van der Waals surface area contributed by atoms with Crippen LogP contribution in [0.5, 0.6) is 5.75 Å². The summed E-state index contributed by atoms with van der Waals surface area (Å²) in [5.74, 6) is 0.799. The van der Waals surface area contributed by atoms with Crippen LogP contribution in [-0.4, -0.2) is 7.48 Å². The van der Waals surface area contributed by atoms with E-state index in [1.54, 1.807) is 7.48 Å². The standard InChI is InChI=1S/C12H14BO2/c1-2-3-4-5-7-10-8-6-9-11-12(10)13-15-14-11/h5-9H,2-4H2,1H3. The van der Waals surface area contributed by atoms with Crippen molar-refractivity contribution < 1.29 is 9.69 Å². The molecule has 1 radical (unpaired) electrons. The zero-order valence-corrected chi connectivity index (χ0v) is 8.90. The van der Waals surface area contributed by atoms with Gasteiger partial charge in [0.15, 0.2) is 5.75 Å². The minimum atomic E-state index is 0.799. The van der Waals surface area contributed by atoms with E-state index in [1.165, 1.54) is 12.8 Å². The average Bonchev–Trinajstić information content (AvgIpc) is 2.73. The Morgan fingerprint density at radius 1 is 1.40 bits per heavy atom. The summed E-state index contributed by atoms with van der Waals surface area (Å²) in [6, 6.07) is 5.94. The van der Waals surface area contributed by atoms with Gasteiger partial charge >= 0.3 is 7.48 Å². The van der Waals surface area contributed by atoms with Gasteiger partial charge in [0.1, 0.15) is 0 Å². The van der Waals surface area contributed by atoms with Gasteiger partial charge < -0.3 is 4.89 Å². The van der Waals surface area contributed by atoms with Gasteiger partial charge in [0.05, 0.1) is 0 Å². The second-order valence-corrected chi connectivity index (χ2v) is 3.60. The monoisotopic (exact) mass is 201 g/mol. The maximum atomic E-state index is 4.98. The van der Waals surface area contributed by atoms with Gasteiger partial charge in [0.2, 0.25) is 0 Å². The molecule has 0 fully saturated rings. The van der Waals surface area contributed by atoms with Gasteiger partial charge in [0.25, 0.3) is 0 Å². The third-order valence-corrected chi connectivity index (χ3v) is 2.43. The van der Waals surface area contributed by atoms with Crippen LogP contribution in [0.1, 0.15) is 31.7 Å². The fourth-order valence-electron chi connectivity index (χ4n) is 1.56. The molecule has 2 nitrogen and oxygen atoms in total. The molecule has 0 aromatic heterocycles. The van der Waals surface area contributed by atoms with Gasteiger partial charge in [0, 0.05) is 5.46 Å². The molecule has 2 rings (SSSR count). The molecule has 0 N–H and O–H groups in total. The Labute approximate surface area is 91.1 Å². The largest absolute Gasteiger partial charge is 0.403 e. The Bertz CT molecular complexity index is 361. The molecule has 1 aliphatic heterocycles. The smallest absolute Gasteiger partial charge is 0.355 e. The van der Waals surface area contributed by atoms with Crippen molar-refractivity contribution in [1.29, 1.82) is 0 Å². The van der Waals surface area contributed by atoms with Gasteiger partial charge in [-0.2, -0.15) is 0 Å². The number of hydrogen-bond donors (Lipinski definition) is 0. The van der Waals surface area contributed by atoms with E-state index in [4.69, 9.17) is 9.69 Å². The van der Waals surface area contributed by atoms with Crippen molar-refractivity contribution >= 4 is 19.0 Å². The van der Waals surface area contributed by atoms with Crippen LogP contribution in [0.4, 0.5) is 0 Å². The summed E-state index contributed by atoms with van der Waals surface area (Å²) in [5.41, 5.74) is 2.19. The molecule has 0 amide bonds. The molecule has 0 spiro atoms. The van der Waals surface area contributed by atoms with Crippen molar-refractivity contribution in [3.63, 3.8) is 0 Å². The zero-order valence-electron chi connectivity index (χ0n) is 8.90. The first-order valence-corrected chi connectivity index (χ1v) is 5.38. The molecule has 0 bridgehead atoms. The molecule has 0 unspecified atom stereocenters. The SMILES string of the molecule is CCCCC=Cc1cccc2c1[B]OO2. The average molecular weight is 201 g/mol. The Morgan fingerprint density at radius 2 is 2.33 bits per heavy atom. The van der Waals surface area contributed by atoms with Gasteiger partial charge in [-0.15, -0.1) is 0 Å². The predicted octanol–water partition coefficient (Wildman–Crippen LogP) is 2.46. The number of hydrogen-bond acceptors (Lipinski definition) is 2. The van der Waals surface area contributed by atoms with Crippen LogP contribution < -0.4 is 10.4 Å². The van der Waals surface area contributed by atoms with E-state index in [0.717, 1.165) is 23.2 Å². The van der Waals surface area contributed by atoms with E-state index in [2.05, 4.69) is 25.1 Å². The Kier molecular flexibility index (Phi) is 3.46. The third-order valence-electron chi connectivity index (χ3n) is 2.43. The predicted molar refractivity (Wildman–Crippen MR) is 62.1 cm³/mol. The molecule has 0 saturated heterocycles. The van der Waals surface area contributed by atoms with Gasteiger partial charge in [-0.05, 0) is 18.1 Å². The van der Waals surface area contributed by atoms with Crippen molar-refractivity contribution in [3.05, 3.63) is 29.8 Å². The molecule has 0 aliphatic carbocycles. The van der Waals surface area contributed by atoms with Crippen molar-refractivity contribution in [2.24, 2.45) is 0 Å². The topological polar surface area (TPSA) is 18.5 Å². The van der Waals surface area contributed by atoms with Crippen molar-refractivity contribution in [2.45, 2.75) is 26.2 Å². The first kappa shape index (κ1) is 10.3. The summed E-state index contributed by atoms with van der Waals surface area (Å²) in [6.45, 7) is 2.20. The fraction of sp³-hybridized carbons (Fsp3) is 0.333. The number of unbranched alkanes of at least 4 members (excludes halogenated alkanes) is 2. The van der Waals surface area contributed by atoms with Crippen LogP contribution in [0.2, 0.25) is 0 Å². The van der Waals surface area contributed by atoms with E-state index in [-0.39, 0.29) is 0 Å². The lowest BCUT2D eigenvalue weighted by molar-refractivity contribution is -0.0860. The zero-order chi connectivity index (χ0) is 10.5. The highest BCUT2D eigenvalue weighted by Gasteiger charge is 2.18. The van der Waals surface area contributed by atoms with Crippen LogP contribution >= 0.6 is 0 Å². The highest BCUT2D eigenvalue weighted by molar-refractivity contribution is 6.50. The minimum Gasteiger partial charge on any atom is -0.355 e. The molecule has 1 heterocycles. The van der Waals surface area contributed by atoms with Crippen LogP contribution in [-0.2, 0) is 4.81 Å². The minimum absolute atomic E-state index is 0.799. The number of allylic oxidation sites excluding steroid dienone is 1. The van der Waals surface area contributed by atoms with E-state index in [9.17, 15) is 0 Å². The molecule has 0 atom stereocenters. The molecule has 15 heavy (non-hydrogen) atoms. The molecule has 1 aliphatic rings. The Balaban J connectivity index is 2.08. The van der Waals surface area contributed by atoms with Crippen LogP contribution in [0, 0.1) is 0 Å². The van der Waals surface area contributed by atoms with E-state index >= 15 is 0 Å². The van der Waals surface area contributed by atoms with E-state index < -0.39 is 0 Å². The number of benzene rings is 1. The van der Waals surface area contributed by atoms with Gasteiger partial charge in [-0.3, -0.25) is 4.81 Å². The molecular formula is C12H14BO2. The second-order valence-electron chi connectivity index (χ2n) is 3.60. The highest BCUT2D eigenvalue weighted by atomic mass is 17.2. The summed E-state index contributed by atoms with van der Waals surface area (Å²) < 4.78 is 0. The molecule has 0 saturated carbocycles. The van der Waals surface area contributed by atoms with E-state index in [0.29, 0.717) is 0 Å². The van der Waals surface area contributed by atoms with E-state index in [1.807, 2.05) is 12.1 Å². The number of fused-ring (bicyclic) bond motifs is 1. The lowest BCUT2D eigenvalue weighted by atomic mass is 9.84.